The maximum atomic E-state index is 12.4. The van der Waals surface area contributed by atoms with Crippen LogP contribution in [0.4, 0.5) is 0 Å². The third-order valence-corrected chi connectivity index (χ3v) is 9.13. The Labute approximate surface area is 205 Å². The van der Waals surface area contributed by atoms with E-state index in [1.54, 1.807) is 12.1 Å². The van der Waals surface area contributed by atoms with E-state index in [0.717, 1.165) is 12.8 Å². The summed E-state index contributed by atoms with van der Waals surface area (Å²) in [6.45, 7) is 0.537. The van der Waals surface area contributed by atoms with Crippen molar-refractivity contribution in [3.05, 3.63) is 96.1 Å². The van der Waals surface area contributed by atoms with E-state index >= 15 is 0 Å². The predicted molar refractivity (Wildman–Crippen MR) is 143 cm³/mol. The topological polar surface area (TPSA) is 37.4 Å². The van der Waals surface area contributed by atoms with Gasteiger partial charge in [0, 0.05) is 6.54 Å². The van der Waals surface area contributed by atoms with Crippen molar-refractivity contribution in [3.8, 4) is 0 Å². The zero-order chi connectivity index (χ0) is 23.6. The smallest absolute Gasteiger partial charge is 0.261 e. The zero-order valence-electron chi connectivity index (χ0n) is 19.9. The molecule has 3 aromatic rings. The van der Waals surface area contributed by atoms with Crippen molar-refractivity contribution in [2.24, 2.45) is 0 Å². The number of hydrogen-bond donors (Lipinski definition) is 0. The Bertz CT molecular complexity index is 993. The number of hydrogen-bond acceptors (Lipinski definition) is 2. The molecule has 1 heterocycles. The molecule has 0 fully saturated rings. The van der Waals surface area contributed by atoms with Crippen LogP contribution in [0.1, 0.15) is 72.1 Å². The molecule has 0 N–H and O–H groups in total. The summed E-state index contributed by atoms with van der Waals surface area (Å²) in [6, 6.07) is 29.1. The van der Waals surface area contributed by atoms with E-state index < -0.39 is 0 Å². The van der Waals surface area contributed by atoms with Gasteiger partial charge in [-0.1, -0.05) is 111 Å². The second-order valence-corrected chi connectivity index (χ2v) is 11.3. The number of carbonyl (C=O) groups is 2. The summed E-state index contributed by atoms with van der Waals surface area (Å²) in [4.78, 5) is 26.2. The van der Waals surface area contributed by atoms with Gasteiger partial charge in [-0.2, -0.15) is 0 Å². The highest BCUT2D eigenvalue weighted by Crippen LogP contribution is 2.34. The Hall–Kier alpha value is -2.77. The number of imide groups is 1. The van der Waals surface area contributed by atoms with Crippen molar-refractivity contribution < 1.29 is 9.59 Å². The lowest BCUT2D eigenvalue weighted by atomic mass is 10.1. The minimum Gasteiger partial charge on any atom is -0.274 e. The molecule has 0 saturated heterocycles. The van der Waals surface area contributed by atoms with Gasteiger partial charge in [0.1, 0.15) is 0 Å². The van der Waals surface area contributed by atoms with Gasteiger partial charge in [0.2, 0.25) is 0 Å². The van der Waals surface area contributed by atoms with Gasteiger partial charge in [-0.05, 0) is 49.7 Å². The molecule has 0 atom stereocenters. The molecule has 2 amide bonds. The van der Waals surface area contributed by atoms with Crippen molar-refractivity contribution in [2.45, 2.75) is 51.4 Å². The molecule has 4 rings (SSSR count). The number of rotatable bonds is 13. The fourth-order valence-electron chi connectivity index (χ4n) is 4.67. The first-order valence-corrected chi connectivity index (χ1v) is 14.1. The van der Waals surface area contributed by atoms with Crippen LogP contribution in [0.15, 0.2) is 84.9 Å². The predicted octanol–water partition coefficient (Wildman–Crippen LogP) is 6.54. The van der Waals surface area contributed by atoms with Crippen molar-refractivity contribution in [3.63, 3.8) is 0 Å². The highest BCUT2D eigenvalue weighted by Gasteiger charge is 2.34. The third-order valence-electron chi connectivity index (χ3n) is 6.53. The molecule has 34 heavy (non-hydrogen) atoms. The van der Waals surface area contributed by atoms with Crippen LogP contribution < -0.4 is 10.6 Å². The molecule has 1 aliphatic heterocycles. The summed E-state index contributed by atoms with van der Waals surface area (Å²) in [5.41, 5.74) is 1.10. The Balaban J connectivity index is 1.09. The number of benzene rings is 3. The average molecular weight is 472 g/mol. The largest absolute Gasteiger partial charge is 0.274 e. The molecule has 0 radical (unpaired) electrons. The molecule has 0 spiro atoms. The molecule has 0 saturated carbocycles. The lowest BCUT2D eigenvalue weighted by Crippen LogP contribution is -2.30. The van der Waals surface area contributed by atoms with E-state index in [1.165, 1.54) is 60.2 Å². The second-order valence-electron chi connectivity index (χ2n) is 8.96. The molecule has 3 aromatic carbocycles. The van der Waals surface area contributed by atoms with E-state index in [4.69, 9.17) is 0 Å². The Morgan fingerprint density at radius 3 is 1.41 bits per heavy atom. The number of carbonyl (C=O) groups excluding carboxylic acids is 2. The normalized spacial score (nSPS) is 13.0. The maximum Gasteiger partial charge on any atom is 0.261 e. The van der Waals surface area contributed by atoms with Gasteiger partial charge in [-0.15, -0.1) is 0 Å². The lowest BCUT2D eigenvalue weighted by Gasteiger charge is -2.18. The number of unbranched alkanes of at least 4 members (excludes halogenated alkanes) is 7. The highest BCUT2D eigenvalue weighted by molar-refractivity contribution is 7.73. The van der Waals surface area contributed by atoms with Crippen molar-refractivity contribution >= 4 is 30.3 Å². The summed E-state index contributed by atoms with van der Waals surface area (Å²) in [6.07, 6.45) is 10.7. The molecule has 0 unspecified atom stereocenters. The van der Waals surface area contributed by atoms with Crippen molar-refractivity contribution in [1.29, 1.82) is 0 Å². The monoisotopic (exact) mass is 471 g/mol. The van der Waals surface area contributed by atoms with Crippen LogP contribution in [0.5, 0.6) is 0 Å². The average Bonchev–Trinajstić information content (AvgIpc) is 3.13. The first kappa shape index (κ1) is 24.4. The van der Waals surface area contributed by atoms with Crippen molar-refractivity contribution in [2.75, 3.05) is 12.7 Å². The fourth-order valence-corrected chi connectivity index (χ4v) is 7.08. The molecule has 176 valence electrons. The molecule has 0 aliphatic carbocycles. The minimum atomic E-state index is -0.272. The van der Waals surface area contributed by atoms with E-state index in [0.29, 0.717) is 17.7 Å². The van der Waals surface area contributed by atoms with Crippen LogP contribution in [-0.4, -0.2) is 29.4 Å². The fraction of sp³-hybridized carbons (Fsp3) is 0.333. The minimum absolute atomic E-state index is 0.133. The number of fused-ring (bicyclic) bond motifs is 1. The molecule has 3 nitrogen and oxygen atoms in total. The molecule has 0 aromatic heterocycles. The van der Waals surface area contributed by atoms with Gasteiger partial charge in [0.05, 0.1) is 11.1 Å². The quantitative estimate of drug-likeness (QED) is 0.161. The molecule has 0 bridgehead atoms. The van der Waals surface area contributed by atoms with Gasteiger partial charge in [0.25, 0.3) is 11.8 Å². The van der Waals surface area contributed by atoms with Crippen LogP contribution in [-0.2, 0) is 0 Å². The molecular formula is C30H34NO2P. The van der Waals surface area contributed by atoms with Gasteiger partial charge in [0.15, 0.2) is 0 Å². The van der Waals surface area contributed by atoms with Gasteiger partial charge < -0.3 is 0 Å². The van der Waals surface area contributed by atoms with E-state index in [1.807, 2.05) is 12.1 Å². The number of amides is 2. The first-order chi connectivity index (χ1) is 16.8. The molecule has 4 heteroatoms. The lowest BCUT2D eigenvalue weighted by molar-refractivity contribution is 0.0651. The molecular weight excluding hydrogens is 437 g/mol. The third kappa shape index (κ3) is 6.21. The van der Waals surface area contributed by atoms with Gasteiger partial charge >= 0.3 is 0 Å². The van der Waals surface area contributed by atoms with E-state index in [9.17, 15) is 9.59 Å². The van der Waals surface area contributed by atoms with E-state index in [-0.39, 0.29) is 19.7 Å². The second kappa shape index (κ2) is 12.6. The zero-order valence-corrected chi connectivity index (χ0v) is 20.8. The highest BCUT2D eigenvalue weighted by atomic mass is 31.1. The Morgan fingerprint density at radius 2 is 0.912 bits per heavy atom. The van der Waals surface area contributed by atoms with Crippen LogP contribution in [0.3, 0.4) is 0 Å². The van der Waals surface area contributed by atoms with Gasteiger partial charge in [-0.25, -0.2) is 0 Å². The Kier molecular flexibility index (Phi) is 9.04. The van der Waals surface area contributed by atoms with Gasteiger partial charge in [-0.3, -0.25) is 14.5 Å². The molecule has 1 aliphatic rings. The summed E-state index contributed by atoms with van der Waals surface area (Å²) in [5, 5.41) is 2.95. The van der Waals surface area contributed by atoms with Crippen LogP contribution in [0, 0.1) is 0 Å². The summed E-state index contributed by atoms with van der Waals surface area (Å²) < 4.78 is 0. The summed E-state index contributed by atoms with van der Waals surface area (Å²) in [7, 11) is -0.272. The summed E-state index contributed by atoms with van der Waals surface area (Å²) >= 11 is 0. The van der Waals surface area contributed by atoms with Crippen LogP contribution in [0.2, 0.25) is 0 Å². The summed E-state index contributed by atoms with van der Waals surface area (Å²) in [5.74, 6) is -0.266. The van der Waals surface area contributed by atoms with Crippen LogP contribution >= 0.6 is 7.92 Å². The first-order valence-electron chi connectivity index (χ1n) is 12.6. The maximum absolute atomic E-state index is 12.4. The van der Waals surface area contributed by atoms with E-state index in [2.05, 4.69) is 60.7 Å². The standard InChI is InChI=1S/C30H34NO2P/c32-29-27-21-13-14-22-28(27)30(33)31(29)23-15-5-3-1-2-4-6-16-24-34(25-17-9-7-10-18-25)26-19-11-8-12-20-26/h7-14,17-22H,1-6,15-16,23-24H2. The number of nitrogens with zero attached hydrogens (tertiary/aromatic N) is 1. The van der Waals surface area contributed by atoms with Crippen LogP contribution in [0.25, 0.3) is 0 Å². The SMILES string of the molecule is O=C1c2ccccc2C(=O)N1CCCCCCCCCCP(c1ccccc1)c1ccccc1. The Morgan fingerprint density at radius 1 is 0.500 bits per heavy atom. The van der Waals surface area contributed by atoms with Crippen molar-refractivity contribution in [1.82, 2.24) is 4.90 Å².